The maximum absolute atomic E-state index is 4.83. The van der Waals surface area contributed by atoms with E-state index in [0.717, 1.165) is 12.3 Å². The molecule has 0 N–H and O–H groups in total. The van der Waals surface area contributed by atoms with E-state index in [1.165, 1.54) is 43.1 Å². The zero-order chi connectivity index (χ0) is 14.7. The number of rotatable bonds is 2. The molecule has 2 unspecified atom stereocenters. The van der Waals surface area contributed by atoms with Crippen molar-refractivity contribution in [2.24, 2.45) is 5.92 Å². The van der Waals surface area contributed by atoms with E-state index in [9.17, 15) is 0 Å². The molecule has 2 fully saturated rings. The Balaban J connectivity index is 0.000000704. The molecular formula is C17H29N3. The molecular weight excluding hydrogens is 246 g/mol. The van der Waals surface area contributed by atoms with Gasteiger partial charge in [-0.2, -0.15) is 0 Å². The lowest BCUT2D eigenvalue weighted by atomic mass is 10.1. The van der Waals surface area contributed by atoms with Gasteiger partial charge in [0.25, 0.3) is 0 Å². The Bertz CT molecular complexity index is 444. The normalized spacial score (nSPS) is 25.4. The third-order valence-corrected chi connectivity index (χ3v) is 4.40. The second-order valence-electron chi connectivity index (χ2n) is 5.88. The van der Waals surface area contributed by atoms with Gasteiger partial charge < -0.3 is 9.80 Å². The lowest BCUT2D eigenvalue weighted by Crippen LogP contribution is -2.35. The van der Waals surface area contributed by atoms with Gasteiger partial charge in [-0.05, 0) is 50.4 Å². The summed E-state index contributed by atoms with van der Waals surface area (Å²) in [6.45, 7) is 12.0. The van der Waals surface area contributed by atoms with E-state index in [0.29, 0.717) is 6.04 Å². The van der Waals surface area contributed by atoms with E-state index >= 15 is 0 Å². The quantitative estimate of drug-likeness (QED) is 0.826. The molecule has 2 aliphatic rings. The minimum absolute atomic E-state index is 0.689. The van der Waals surface area contributed by atoms with Crippen molar-refractivity contribution in [2.45, 2.75) is 46.6 Å². The number of hydrogen-bond acceptors (Lipinski definition) is 3. The number of fused-ring (bicyclic) bond motifs is 1. The summed E-state index contributed by atoms with van der Waals surface area (Å²) in [5, 5.41) is 0. The molecule has 20 heavy (non-hydrogen) atoms. The van der Waals surface area contributed by atoms with Gasteiger partial charge in [0.1, 0.15) is 5.82 Å². The first kappa shape index (κ1) is 15.3. The van der Waals surface area contributed by atoms with Crippen molar-refractivity contribution in [2.75, 3.05) is 31.6 Å². The molecule has 2 saturated heterocycles. The predicted octanol–water partition coefficient (Wildman–Crippen LogP) is 3.12. The monoisotopic (exact) mass is 275 g/mol. The van der Waals surface area contributed by atoms with Crippen LogP contribution in [-0.4, -0.2) is 42.6 Å². The third kappa shape index (κ3) is 2.98. The van der Waals surface area contributed by atoms with Crippen LogP contribution < -0.4 is 4.90 Å². The second kappa shape index (κ2) is 6.57. The molecule has 3 nitrogen and oxygen atoms in total. The summed E-state index contributed by atoms with van der Waals surface area (Å²) in [7, 11) is 2.23. The van der Waals surface area contributed by atoms with Gasteiger partial charge >= 0.3 is 0 Å². The van der Waals surface area contributed by atoms with E-state index < -0.39 is 0 Å². The van der Waals surface area contributed by atoms with Crippen molar-refractivity contribution < 1.29 is 0 Å². The molecule has 3 rings (SSSR count). The fourth-order valence-electron chi connectivity index (χ4n) is 3.50. The number of likely N-dealkylation sites (N-methyl/N-ethyl adjacent to an activating group) is 1. The standard InChI is InChI=1S/C15H23N3.C2H6/c1-4-13-7-11(2)8-15(16-13)18-6-5-12-9-17(3)10-14(12)18;1-2/h7-8,12,14H,4-6,9-10H2,1-3H3;1-2H3. The Hall–Kier alpha value is -1.09. The molecule has 0 aromatic carbocycles. The van der Waals surface area contributed by atoms with Gasteiger partial charge in [0.15, 0.2) is 0 Å². The van der Waals surface area contributed by atoms with Crippen LogP contribution >= 0.6 is 0 Å². The van der Waals surface area contributed by atoms with Crippen LogP contribution in [-0.2, 0) is 6.42 Å². The maximum atomic E-state index is 4.83. The molecule has 0 saturated carbocycles. The predicted molar refractivity (Wildman–Crippen MR) is 86.4 cm³/mol. The van der Waals surface area contributed by atoms with Crippen LogP contribution in [0.15, 0.2) is 12.1 Å². The number of aryl methyl sites for hydroxylation is 2. The molecule has 2 aliphatic heterocycles. The Morgan fingerprint density at radius 2 is 2.00 bits per heavy atom. The molecule has 1 aromatic rings. The van der Waals surface area contributed by atoms with Crippen LogP contribution in [0.25, 0.3) is 0 Å². The van der Waals surface area contributed by atoms with Crippen LogP contribution in [0.1, 0.15) is 38.4 Å². The van der Waals surface area contributed by atoms with Crippen LogP contribution in [0.4, 0.5) is 5.82 Å². The second-order valence-corrected chi connectivity index (χ2v) is 5.88. The summed E-state index contributed by atoms with van der Waals surface area (Å²) in [5.74, 6) is 2.05. The minimum atomic E-state index is 0.689. The molecule has 0 amide bonds. The Morgan fingerprint density at radius 3 is 2.70 bits per heavy atom. The van der Waals surface area contributed by atoms with Gasteiger partial charge in [-0.3, -0.25) is 0 Å². The van der Waals surface area contributed by atoms with E-state index in [1.54, 1.807) is 0 Å². The fraction of sp³-hybridized carbons (Fsp3) is 0.706. The molecule has 112 valence electrons. The first-order chi connectivity index (χ1) is 9.67. The van der Waals surface area contributed by atoms with E-state index in [-0.39, 0.29) is 0 Å². The van der Waals surface area contributed by atoms with Gasteiger partial charge in [-0.15, -0.1) is 0 Å². The summed E-state index contributed by atoms with van der Waals surface area (Å²) in [4.78, 5) is 9.83. The molecule has 3 heteroatoms. The van der Waals surface area contributed by atoms with Gasteiger partial charge in [0.05, 0.1) is 0 Å². The number of aromatic nitrogens is 1. The Kier molecular flexibility index (Phi) is 5.03. The summed E-state index contributed by atoms with van der Waals surface area (Å²) < 4.78 is 0. The lowest BCUT2D eigenvalue weighted by Gasteiger charge is -2.26. The van der Waals surface area contributed by atoms with Gasteiger partial charge in [0, 0.05) is 31.4 Å². The Labute approximate surface area is 124 Å². The average molecular weight is 275 g/mol. The number of likely N-dealkylation sites (tertiary alicyclic amines) is 1. The van der Waals surface area contributed by atoms with Crippen molar-refractivity contribution in [3.63, 3.8) is 0 Å². The SMILES string of the molecule is CC.CCc1cc(C)cc(N2CCC3CN(C)CC32)n1. The molecule has 2 atom stereocenters. The molecule has 0 radical (unpaired) electrons. The highest BCUT2D eigenvalue weighted by atomic mass is 15.3. The van der Waals surface area contributed by atoms with E-state index in [2.05, 4.69) is 42.8 Å². The molecule has 1 aromatic heterocycles. The average Bonchev–Trinajstić information content (AvgIpc) is 2.99. The first-order valence-corrected chi connectivity index (χ1v) is 8.10. The molecule has 3 heterocycles. The first-order valence-electron chi connectivity index (χ1n) is 8.10. The number of nitrogens with zero attached hydrogens (tertiary/aromatic N) is 3. The molecule has 0 spiro atoms. The summed E-state index contributed by atoms with van der Waals surface area (Å²) in [5.41, 5.74) is 2.56. The zero-order valence-corrected chi connectivity index (χ0v) is 13.7. The van der Waals surface area contributed by atoms with E-state index in [1.807, 2.05) is 13.8 Å². The third-order valence-electron chi connectivity index (χ3n) is 4.40. The van der Waals surface area contributed by atoms with Gasteiger partial charge in [-0.1, -0.05) is 20.8 Å². The van der Waals surface area contributed by atoms with Crippen LogP contribution in [0.3, 0.4) is 0 Å². The number of anilines is 1. The smallest absolute Gasteiger partial charge is 0.129 e. The fourth-order valence-corrected chi connectivity index (χ4v) is 3.50. The Morgan fingerprint density at radius 1 is 1.25 bits per heavy atom. The molecule has 0 bridgehead atoms. The summed E-state index contributed by atoms with van der Waals surface area (Å²) >= 11 is 0. The highest BCUT2D eigenvalue weighted by Crippen LogP contribution is 2.34. The summed E-state index contributed by atoms with van der Waals surface area (Å²) in [6, 6.07) is 5.14. The maximum Gasteiger partial charge on any atom is 0.129 e. The van der Waals surface area contributed by atoms with Crippen molar-refractivity contribution in [1.82, 2.24) is 9.88 Å². The minimum Gasteiger partial charge on any atom is -0.352 e. The van der Waals surface area contributed by atoms with Crippen LogP contribution in [0.2, 0.25) is 0 Å². The topological polar surface area (TPSA) is 19.4 Å². The highest BCUT2D eigenvalue weighted by molar-refractivity contribution is 5.45. The van der Waals surface area contributed by atoms with Crippen molar-refractivity contribution in [3.05, 3.63) is 23.4 Å². The van der Waals surface area contributed by atoms with Gasteiger partial charge in [-0.25, -0.2) is 4.98 Å². The van der Waals surface area contributed by atoms with Crippen LogP contribution in [0.5, 0.6) is 0 Å². The number of pyridine rings is 1. The lowest BCUT2D eigenvalue weighted by molar-refractivity contribution is 0.386. The van der Waals surface area contributed by atoms with Crippen molar-refractivity contribution >= 4 is 5.82 Å². The van der Waals surface area contributed by atoms with Crippen molar-refractivity contribution in [1.29, 1.82) is 0 Å². The number of hydrogen-bond donors (Lipinski definition) is 0. The molecule has 0 aliphatic carbocycles. The largest absolute Gasteiger partial charge is 0.352 e. The summed E-state index contributed by atoms with van der Waals surface area (Å²) in [6.07, 6.45) is 2.35. The van der Waals surface area contributed by atoms with Gasteiger partial charge in [0.2, 0.25) is 0 Å². The van der Waals surface area contributed by atoms with Crippen molar-refractivity contribution in [3.8, 4) is 0 Å². The van der Waals surface area contributed by atoms with E-state index in [4.69, 9.17) is 4.98 Å². The zero-order valence-electron chi connectivity index (χ0n) is 13.7. The van der Waals surface area contributed by atoms with Crippen LogP contribution in [0, 0.1) is 12.8 Å². The highest BCUT2D eigenvalue weighted by Gasteiger charge is 2.40.